The van der Waals surface area contributed by atoms with Crippen molar-refractivity contribution in [3.05, 3.63) is 69.4 Å². The zero-order valence-electron chi connectivity index (χ0n) is 15.7. The molecule has 0 unspecified atom stereocenters. The first-order chi connectivity index (χ1) is 13.3. The van der Waals surface area contributed by atoms with Crippen LogP contribution >= 0.6 is 0 Å². The highest BCUT2D eigenvalue weighted by atomic mass is 16.6. The van der Waals surface area contributed by atoms with Gasteiger partial charge in [-0.1, -0.05) is 18.2 Å². The molecule has 0 amide bonds. The number of anilines is 1. The van der Waals surface area contributed by atoms with Crippen LogP contribution in [0.4, 0.5) is 11.4 Å². The van der Waals surface area contributed by atoms with Gasteiger partial charge in [-0.15, -0.1) is 0 Å². The zero-order valence-corrected chi connectivity index (χ0v) is 15.7. The van der Waals surface area contributed by atoms with Crippen LogP contribution < -0.4 is 4.90 Å². The number of carbonyl (C=O) groups excluding carboxylic acids is 2. The lowest BCUT2D eigenvalue weighted by atomic mass is 10.1. The molecule has 0 spiro atoms. The number of nitro groups is 1. The second-order valence-corrected chi connectivity index (χ2v) is 6.52. The number of hydrogen-bond acceptors (Lipinski definition) is 6. The molecule has 0 aliphatic carbocycles. The summed E-state index contributed by atoms with van der Waals surface area (Å²) in [6.45, 7) is 1.32. The summed E-state index contributed by atoms with van der Waals surface area (Å²) in [4.78, 5) is 40.4. The number of nitro benzene ring substituents is 1. The van der Waals surface area contributed by atoms with Crippen LogP contribution in [0.3, 0.4) is 0 Å². The number of carbonyl (C=O) groups is 2. The normalized spacial score (nSPS) is 10.7. The maximum atomic E-state index is 12.7. The van der Waals surface area contributed by atoms with Crippen molar-refractivity contribution in [2.75, 3.05) is 25.6 Å². The average Bonchev–Trinajstić information content (AvgIpc) is 3.00. The summed E-state index contributed by atoms with van der Waals surface area (Å²) in [6, 6.07) is 11.3. The molecule has 0 saturated carbocycles. The van der Waals surface area contributed by atoms with Crippen molar-refractivity contribution in [1.82, 2.24) is 4.98 Å². The predicted octanol–water partition coefficient (Wildman–Crippen LogP) is 3.49. The standard InChI is InChI=1S/C20H19N3O5/c1-12-19(14-6-4-5-7-16(14)21-12)18(24)11-28-20(25)15-10-13(23(26)27)8-9-17(15)22(2)3/h4-10,21H,11H2,1-3H3. The van der Waals surface area contributed by atoms with Crippen LogP contribution in [0.25, 0.3) is 10.9 Å². The van der Waals surface area contributed by atoms with E-state index in [1.165, 1.54) is 12.1 Å². The van der Waals surface area contributed by atoms with Gasteiger partial charge in [0, 0.05) is 48.4 Å². The minimum Gasteiger partial charge on any atom is -0.454 e. The van der Waals surface area contributed by atoms with E-state index in [9.17, 15) is 19.7 Å². The highest BCUT2D eigenvalue weighted by molar-refractivity contribution is 6.10. The molecule has 1 aromatic heterocycles. The van der Waals surface area contributed by atoms with Crippen LogP contribution in [0.1, 0.15) is 26.4 Å². The van der Waals surface area contributed by atoms with Crippen LogP contribution in [0.5, 0.6) is 0 Å². The average molecular weight is 381 g/mol. The van der Waals surface area contributed by atoms with Crippen LogP contribution in [-0.2, 0) is 4.74 Å². The number of fused-ring (bicyclic) bond motifs is 1. The van der Waals surface area contributed by atoms with Crippen molar-refractivity contribution >= 4 is 34.0 Å². The Morgan fingerprint density at radius 3 is 2.57 bits per heavy atom. The van der Waals surface area contributed by atoms with Crippen molar-refractivity contribution in [3.8, 4) is 0 Å². The molecule has 8 heteroatoms. The Morgan fingerprint density at radius 1 is 1.18 bits per heavy atom. The number of non-ortho nitro benzene ring substituents is 1. The van der Waals surface area contributed by atoms with E-state index in [0.29, 0.717) is 16.9 Å². The molecule has 0 aliphatic heterocycles. The van der Waals surface area contributed by atoms with Gasteiger partial charge in [0.15, 0.2) is 6.61 Å². The van der Waals surface area contributed by atoms with Gasteiger partial charge in [-0.05, 0) is 19.1 Å². The van der Waals surface area contributed by atoms with Gasteiger partial charge in [0.05, 0.1) is 16.2 Å². The fraction of sp³-hybridized carbons (Fsp3) is 0.200. The smallest absolute Gasteiger partial charge is 0.340 e. The third kappa shape index (κ3) is 3.57. The highest BCUT2D eigenvalue weighted by Gasteiger charge is 2.22. The number of benzene rings is 2. The number of aryl methyl sites for hydroxylation is 1. The van der Waals surface area contributed by atoms with E-state index in [1.807, 2.05) is 24.3 Å². The molecule has 0 aliphatic rings. The Bertz CT molecular complexity index is 1080. The van der Waals surface area contributed by atoms with E-state index in [4.69, 9.17) is 4.74 Å². The molecular formula is C20H19N3O5. The van der Waals surface area contributed by atoms with Gasteiger partial charge in [-0.3, -0.25) is 14.9 Å². The fourth-order valence-corrected chi connectivity index (χ4v) is 3.11. The first kappa shape index (κ1) is 19.1. The second-order valence-electron chi connectivity index (χ2n) is 6.52. The summed E-state index contributed by atoms with van der Waals surface area (Å²) in [5, 5.41) is 11.8. The van der Waals surface area contributed by atoms with Crippen molar-refractivity contribution < 1.29 is 19.2 Å². The van der Waals surface area contributed by atoms with Crippen molar-refractivity contribution in [3.63, 3.8) is 0 Å². The Kier molecular flexibility index (Phi) is 5.12. The summed E-state index contributed by atoms with van der Waals surface area (Å²) in [5.74, 6) is -1.14. The number of hydrogen-bond donors (Lipinski definition) is 1. The minimum atomic E-state index is -0.793. The summed E-state index contributed by atoms with van der Waals surface area (Å²) < 4.78 is 5.19. The maximum Gasteiger partial charge on any atom is 0.340 e. The molecule has 144 valence electrons. The number of para-hydroxylation sites is 1. The zero-order chi connectivity index (χ0) is 20.4. The van der Waals surface area contributed by atoms with E-state index >= 15 is 0 Å². The monoisotopic (exact) mass is 381 g/mol. The molecule has 0 bridgehead atoms. The lowest BCUT2D eigenvalue weighted by Gasteiger charge is -2.16. The number of rotatable bonds is 6. The molecule has 0 fully saturated rings. The minimum absolute atomic E-state index is 0.0302. The number of aromatic nitrogens is 1. The Labute approximate surface area is 160 Å². The SMILES string of the molecule is Cc1[nH]c2ccccc2c1C(=O)COC(=O)c1cc([N+](=O)[O-])ccc1N(C)C. The van der Waals surface area contributed by atoms with E-state index in [1.54, 1.807) is 25.9 Å². The molecule has 1 heterocycles. The molecule has 2 aromatic carbocycles. The lowest BCUT2D eigenvalue weighted by molar-refractivity contribution is -0.384. The largest absolute Gasteiger partial charge is 0.454 e. The van der Waals surface area contributed by atoms with E-state index in [-0.39, 0.29) is 17.0 Å². The van der Waals surface area contributed by atoms with Crippen LogP contribution in [0, 0.1) is 17.0 Å². The van der Waals surface area contributed by atoms with E-state index < -0.39 is 17.5 Å². The summed E-state index contributed by atoms with van der Waals surface area (Å²) in [6.07, 6.45) is 0. The Balaban J connectivity index is 1.84. The topological polar surface area (TPSA) is 106 Å². The molecule has 3 rings (SSSR count). The molecule has 0 atom stereocenters. The quantitative estimate of drug-likeness (QED) is 0.303. The summed E-state index contributed by atoms with van der Waals surface area (Å²) in [5.41, 5.74) is 2.25. The number of ether oxygens (including phenoxy) is 1. The van der Waals surface area contributed by atoms with Gasteiger partial charge in [0.1, 0.15) is 0 Å². The molecule has 8 nitrogen and oxygen atoms in total. The van der Waals surface area contributed by atoms with Gasteiger partial charge >= 0.3 is 5.97 Å². The van der Waals surface area contributed by atoms with Crippen molar-refractivity contribution in [1.29, 1.82) is 0 Å². The molecule has 0 saturated heterocycles. The fourth-order valence-electron chi connectivity index (χ4n) is 3.11. The maximum absolute atomic E-state index is 12.7. The highest BCUT2D eigenvalue weighted by Crippen LogP contribution is 2.26. The number of nitrogens with zero attached hydrogens (tertiary/aromatic N) is 2. The lowest BCUT2D eigenvalue weighted by Crippen LogP contribution is -2.19. The Morgan fingerprint density at radius 2 is 1.89 bits per heavy atom. The van der Waals surface area contributed by atoms with Gasteiger partial charge < -0.3 is 14.6 Å². The van der Waals surface area contributed by atoms with Crippen molar-refractivity contribution in [2.24, 2.45) is 0 Å². The Hall–Kier alpha value is -3.68. The number of H-pyrrole nitrogens is 1. The van der Waals surface area contributed by atoms with Gasteiger partial charge in [0.25, 0.3) is 5.69 Å². The van der Waals surface area contributed by atoms with Crippen LogP contribution in [0.2, 0.25) is 0 Å². The molecule has 0 radical (unpaired) electrons. The van der Waals surface area contributed by atoms with Gasteiger partial charge in [-0.2, -0.15) is 0 Å². The van der Waals surface area contributed by atoms with Crippen LogP contribution in [0.15, 0.2) is 42.5 Å². The van der Waals surface area contributed by atoms with Crippen LogP contribution in [-0.4, -0.2) is 42.4 Å². The summed E-state index contributed by atoms with van der Waals surface area (Å²) in [7, 11) is 3.41. The van der Waals surface area contributed by atoms with Crippen molar-refractivity contribution in [2.45, 2.75) is 6.92 Å². The van der Waals surface area contributed by atoms with Gasteiger partial charge in [0.2, 0.25) is 5.78 Å². The molecule has 28 heavy (non-hydrogen) atoms. The third-order valence-corrected chi connectivity index (χ3v) is 4.40. The summed E-state index contributed by atoms with van der Waals surface area (Å²) >= 11 is 0. The van der Waals surface area contributed by atoms with E-state index in [2.05, 4.69) is 4.98 Å². The van der Waals surface area contributed by atoms with Gasteiger partial charge in [-0.25, -0.2) is 4.79 Å². The van der Waals surface area contributed by atoms with E-state index in [0.717, 1.165) is 17.0 Å². The number of esters is 1. The number of aromatic amines is 1. The molecule has 3 aromatic rings. The third-order valence-electron chi connectivity index (χ3n) is 4.40. The molecule has 1 N–H and O–H groups in total. The predicted molar refractivity (Wildman–Crippen MR) is 105 cm³/mol. The second kappa shape index (κ2) is 7.51. The first-order valence-electron chi connectivity index (χ1n) is 8.53. The first-order valence-corrected chi connectivity index (χ1v) is 8.53. The molecular weight excluding hydrogens is 362 g/mol. The number of Topliss-reactive ketones (excluding diaryl/α,β-unsaturated/α-hetero) is 1. The number of nitrogens with one attached hydrogen (secondary N) is 1. The number of ketones is 1.